The summed E-state index contributed by atoms with van der Waals surface area (Å²) in [5.41, 5.74) is 0. The maximum atomic E-state index is 10.0. The maximum Gasteiger partial charge on any atom is 0.0767 e. The second kappa shape index (κ2) is 2.96. The van der Waals surface area contributed by atoms with Crippen molar-refractivity contribution in [3.63, 3.8) is 0 Å². The molecule has 0 unspecified atom stereocenters. The number of rotatable bonds is 2. The van der Waals surface area contributed by atoms with Crippen LogP contribution in [0.4, 0.5) is 0 Å². The van der Waals surface area contributed by atoms with Crippen LogP contribution in [0.2, 0.25) is 0 Å². The minimum atomic E-state index is -3.77. The lowest BCUT2D eigenvalue weighted by atomic mass is 10.6. The minimum Gasteiger partial charge on any atom is -0.309 e. The third-order valence-electron chi connectivity index (χ3n) is 0.579. The summed E-state index contributed by atoms with van der Waals surface area (Å²) in [6, 6.07) is 0. The van der Waals surface area contributed by atoms with E-state index < -0.39 is 10.5 Å². The molecule has 0 saturated carbocycles. The van der Waals surface area contributed by atoms with Gasteiger partial charge in [0.2, 0.25) is 0 Å². The number of thiol groups is 1. The van der Waals surface area contributed by atoms with Crippen LogP contribution in [-0.2, 0) is 10.5 Å². The molecule has 0 rings (SSSR count). The number of hydrogen-bond donors (Lipinski definition) is 3. The summed E-state index contributed by atoms with van der Waals surface area (Å²) in [4.78, 5) is 0. The molecule has 0 radical (unpaired) electrons. The average molecular weight is 138 g/mol. The first-order valence-electron chi connectivity index (χ1n) is 2.22. The normalized spacial score (nSPS) is 14.9. The van der Waals surface area contributed by atoms with Gasteiger partial charge in [-0.3, -0.25) is 0 Å². The maximum absolute atomic E-state index is 10.0. The van der Waals surface area contributed by atoms with Gasteiger partial charge in [0.25, 0.3) is 0 Å². The van der Waals surface area contributed by atoms with Crippen LogP contribution in [0.1, 0.15) is 6.92 Å². The fourth-order valence-corrected chi connectivity index (χ4v) is 0.728. The van der Waals surface area contributed by atoms with Crippen molar-refractivity contribution in [1.82, 2.24) is 0 Å². The number of hydrogen-bond acceptors (Lipinski definition) is 1. The van der Waals surface area contributed by atoms with Crippen LogP contribution in [0.3, 0.4) is 0 Å². The standard InChI is InChI=1S/C4H10O3S/c1-2-3-4-8(5,6)7/h2-3,8H,4H2,1H3,(H2,5,6,7). The van der Waals surface area contributed by atoms with Gasteiger partial charge in [-0.25, -0.2) is 4.21 Å². The second-order valence-electron chi connectivity index (χ2n) is 1.42. The summed E-state index contributed by atoms with van der Waals surface area (Å²) >= 11 is 0. The molecular formula is C4H10O3S. The van der Waals surface area contributed by atoms with Crippen LogP contribution in [0.25, 0.3) is 0 Å². The third kappa shape index (κ3) is 5.81. The van der Waals surface area contributed by atoms with Crippen LogP contribution >= 0.6 is 0 Å². The molecule has 8 heavy (non-hydrogen) atoms. The van der Waals surface area contributed by atoms with Crippen molar-refractivity contribution in [3.05, 3.63) is 12.2 Å². The fourth-order valence-electron chi connectivity index (χ4n) is 0.243. The van der Waals surface area contributed by atoms with Crippen LogP contribution in [0.5, 0.6) is 0 Å². The van der Waals surface area contributed by atoms with Gasteiger partial charge >= 0.3 is 0 Å². The molecule has 2 N–H and O–H groups in total. The van der Waals surface area contributed by atoms with Gasteiger partial charge in [0.15, 0.2) is 0 Å². The van der Waals surface area contributed by atoms with Gasteiger partial charge < -0.3 is 9.11 Å². The number of allylic oxidation sites excluding steroid dienone is 1. The van der Waals surface area contributed by atoms with E-state index in [1.807, 2.05) is 0 Å². The minimum absolute atomic E-state index is 0.149. The zero-order valence-corrected chi connectivity index (χ0v) is 5.51. The van der Waals surface area contributed by atoms with Gasteiger partial charge in [0, 0.05) is 0 Å². The molecule has 0 aromatic heterocycles. The highest BCUT2D eigenvalue weighted by Gasteiger charge is 1.96. The molecule has 0 aromatic carbocycles. The van der Waals surface area contributed by atoms with Gasteiger partial charge in [-0.15, -0.1) is 0 Å². The topological polar surface area (TPSA) is 57.5 Å². The summed E-state index contributed by atoms with van der Waals surface area (Å²) in [6.07, 6.45) is 3.06. The highest BCUT2D eigenvalue weighted by molar-refractivity contribution is 7.92. The third-order valence-corrected chi connectivity index (χ3v) is 1.27. The van der Waals surface area contributed by atoms with E-state index in [9.17, 15) is 4.21 Å². The van der Waals surface area contributed by atoms with Gasteiger partial charge in [-0.2, -0.15) is 0 Å². The highest BCUT2D eigenvalue weighted by Crippen LogP contribution is 1.89. The molecule has 0 aromatic rings. The summed E-state index contributed by atoms with van der Waals surface area (Å²) in [6.45, 7) is 1.72. The van der Waals surface area contributed by atoms with Crippen LogP contribution in [0, 0.1) is 0 Å². The fraction of sp³-hybridized carbons (Fsp3) is 0.500. The molecule has 0 heterocycles. The Morgan fingerprint density at radius 2 is 2.12 bits per heavy atom. The Kier molecular flexibility index (Phi) is 2.89. The first-order chi connectivity index (χ1) is 3.56. The lowest BCUT2D eigenvalue weighted by Gasteiger charge is -2.03. The Balaban J connectivity index is 3.57. The molecule has 0 bridgehead atoms. The van der Waals surface area contributed by atoms with E-state index in [1.165, 1.54) is 6.08 Å². The van der Waals surface area contributed by atoms with E-state index in [0.717, 1.165) is 0 Å². The first-order valence-corrected chi connectivity index (χ1v) is 4.02. The zero-order chi connectivity index (χ0) is 6.62. The molecule has 50 valence electrons. The van der Waals surface area contributed by atoms with Crippen molar-refractivity contribution in [2.75, 3.05) is 5.75 Å². The monoisotopic (exact) mass is 138 g/mol. The van der Waals surface area contributed by atoms with Crippen molar-refractivity contribution < 1.29 is 13.3 Å². The molecule has 0 atom stereocenters. The van der Waals surface area contributed by atoms with Crippen molar-refractivity contribution in [3.8, 4) is 0 Å². The smallest absolute Gasteiger partial charge is 0.0767 e. The first kappa shape index (κ1) is 7.81. The van der Waals surface area contributed by atoms with E-state index in [4.69, 9.17) is 9.11 Å². The Labute approximate surface area is 49.5 Å². The molecule has 0 aliphatic heterocycles. The van der Waals surface area contributed by atoms with Crippen molar-refractivity contribution in [1.29, 1.82) is 0 Å². The van der Waals surface area contributed by atoms with Gasteiger partial charge in [0.05, 0.1) is 16.2 Å². The van der Waals surface area contributed by atoms with E-state index in [2.05, 4.69) is 0 Å². The molecular weight excluding hydrogens is 128 g/mol. The Morgan fingerprint density at radius 3 is 2.25 bits per heavy atom. The van der Waals surface area contributed by atoms with Crippen molar-refractivity contribution >= 4 is 10.5 Å². The molecule has 0 fully saturated rings. The molecule has 0 saturated heterocycles. The Hall–Kier alpha value is -0.190. The Bertz CT molecular complexity index is 123. The van der Waals surface area contributed by atoms with Gasteiger partial charge in [-0.05, 0) is 6.92 Å². The van der Waals surface area contributed by atoms with Crippen LogP contribution < -0.4 is 0 Å². The lowest BCUT2D eigenvalue weighted by molar-refractivity contribution is 0.427. The molecule has 0 amide bonds. The Morgan fingerprint density at radius 1 is 1.62 bits per heavy atom. The lowest BCUT2D eigenvalue weighted by Crippen LogP contribution is -2.10. The highest BCUT2D eigenvalue weighted by atomic mass is 32.3. The molecule has 4 heteroatoms. The predicted molar refractivity (Wildman–Crippen MR) is 34.5 cm³/mol. The van der Waals surface area contributed by atoms with Gasteiger partial charge in [-0.1, -0.05) is 12.2 Å². The molecule has 0 spiro atoms. The van der Waals surface area contributed by atoms with E-state index in [0.29, 0.717) is 0 Å². The average Bonchev–Trinajstić information content (AvgIpc) is 1.59. The van der Waals surface area contributed by atoms with Crippen LogP contribution in [-0.4, -0.2) is 19.1 Å². The van der Waals surface area contributed by atoms with E-state index >= 15 is 0 Å². The predicted octanol–water partition coefficient (Wildman–Crippen LogP) is 0.525. The van der Waals surface area contributed by atoms with Crippen LogP contribution in [0.15, 0.2) is 12.2 Å². The van der Waals surface area contributed by atoms with E-state index in [-0.39, 0.29) is 5.75 Å². The summed E-state index contributed by atoms with van der Waals surface area (Å²) in [5.74, 6) is -0.149. The molecule has 3 nitrogen and oxygen atoms in total. The molecule has 0 aliphatic carbocycles. The van der Waals surface area contributed by atoms with E-state index in [1.54, 1.807) is 13.0 Å². The summed E-state index contributed by atoms with van der Waals surface area (Å²) < 4.78 is 26.5. The largest absolute Gasteiger partial charge is 0.309 e. The van der Waals surface area contributed by atoms with Crippen molar-refractivity contribution in [2.24, 2.45) is 0 Å². The van der Waals surface area contributed by atoms with Crippen molar-refractivity contribution in [2.45, 2.75) is 6.92 Å². The summed E-state index contributed by atoms with van der Waals surface area (Å²) in [5, 5.41) is 0. The zero-order valence-electron chi connectivity index (χ0n) is 4.61. The quantitative estimate of drug-likeness (QED) is 0.385. The molecule has 0 aliphatic rings. The second-order valence-corrected chi connectivity index (χ2v) is 3.11. The van der Waals surface area contributed by atoms with Gasteiger partial charge in [0.1, 0.15) is 0 Å². The SMILES string of the molecule is CC=CC[SH](=O)(O)O. The summed E-state index contributed by atoms with van der Waals surface area (Å²) in [7, 11) is -3.77.